The summed E-state index contributed by atoms with van der Waals surface area (Å²) in [6, 6.07) is 6.56. The van der Waals surface area contributed by atoms with Gasteiger partial charge in [-0.15, -0.1) is 0 Å². The van der Waals surface area contributed by atoms with E-state index < -0.39 is 0 Å². The number of rotatable bonds is 6. The zero-order valence-corrected chi connectivity index (χ0v) is 10.9. The molecule has 1 rings (SSSR count). The van der Waals surface area contributed by atoms with E-state index in [9.17, 15) is 9.18 Å². The topological polar surface area (TPSA) is 55.1 Å². The number of nitrogens with one attached hydrogen (secondary N) is 1. The van der Waals surface area contributed by atoms with Gasteiger partial charge in [-0.3, -0.25) is 4.79 Å². The number of carbonyl (C=O) groups is 1. The Hall–Kier alpha value is -1.42. The van der Waals surface area contributed by atoms with Crippen molar-refractivity contribution in [2.45, 2.75) is 45.2 Å². The molecule has 2 unspecified atom stereocenters. The Bertz CT molecular complexity index is 393. The van der Waals surface area contributed by atoms with E-state index in [1.54, 1.807) is 18.2 Å². The van der Waals surface area contributed by atoms with Gasteiger partial charge in [-0.25, -0.2) is 4.39 Å². The molecule has 0 radical (unpaired) electrons. The predicted molar refractivity (Wildman–Crippen MR) is 70.6 cm³/mol. The van der Waals surface area contributed by atoms with E-state index in [1.807, 2.05) is 13.8 Å². The first-order valence-electron chi connectivity index (χ1n) is 6.27. The summed E-state index contributed by atoms with van der Waals surface area (Å²) in [7, 11) is 0. The molecule has 0 aliphatic rings. The lowest BCUT2D eigenvalue weighted by Gasteiger charge is -2.15. The summed E-state index contributed by atoms with van der Waals surface area (Å²) in [5.74, 6) is -0.259. The van der Waals surface area contributed by atoms with Gasteiger partial charge in [0.1, 0.15) is 5.82 Å². The Labute approximate surface area is 108 Å². The average molecular weight is 252 g/mol. The molecule has 0 aromatic heterocycles. The normalized spacial score (nSPS) is 14.0. The molecule has 18 heavy (non-hydrogen) atoms. The summed E-state index contributed by atoms with van der Waals surface area (Å²) in [4.78, 5) is 11.6. The van der Waals surface area contributed by atoms with Gasteiger partial charge >= 0.3 is 0 Å². The summed E-state index contributed by atoms with van der Waals surface area (Å²) in [5, 5.41) is 2.85. The largest absolute Gasteiger partial charge is 0.353 e. The number of benzene rings is 1. The average Bonchev–Trinajstić information content (AvgIpc) is 2.29. The third kappa shape index (κ3) is 5.27. The van der Waals surface area contributed by atoms with Crippen molar-refractivity contribution in [3.63, 3.8) is 0 Å². The van der Waals surface area contributed by atoms with Crippen LogP contribution in [0.2, 0.25) is 0 Å². The number of nitrogens with two attached hydrogens (primary N) is 1. The molecule has 1 amide bonds. The maximum absolute atomic E-state index is 13.4. The molecule has 0 fully saturated rings. The van der Waals surface area contributed by atoms with E-state index in [1.165, 1.54) is 6.07 Å². The predicted octanol–water partition coefficient (Wildman–Crippen LogP) is 2.00. The van der Waals surface area contributed by atoms with Gasteiger partial charge in [-0.05, 0) is 38.3 Å². The van der Waals surface area contributed by atoms with Crippen molar-refractivity contribution in [1.29, 1.82) is 0 Å². The summed E-state index contributed by atoms with van der Waals surface area (Å²) in [5.41, 5.74) is 6.21. The van der Waals surface area contributed by atoms with E-state index in [2.05, 4.69) is 5.32 Å². The maximum atomic E-state index is 13.4. The van der Waals surface area contributed by atoms with Gasteiger partial charge in [0.15, 0.2) is 0 Å². The second-order valence-corrected chi connectivity index (χ2v) is 4.78. The van der Waals surface area contributed by atoms with E-state index in [4.69, 9.17) is 5.73 Å². The van der Waals surface area contributed by atoms with Crippen molar-refractivity contribution in [2.75, 3.05) is 0 Å². The SMILES string of the molecule is CC(N)CCC(=O)NC(C)Cc1ccccc1F. The molecule has 100 valence electrons. The van der Waals surface area contributed by atoms with Gasteiger partial charge < -0.3 is 11.1 Å². The molecule has 0 saturated carbocycles. The van der Waals surface area contributed by atoms with Crippen molar-refractivity contribution in [3.8, 4) is 0 Å². The molecular weight excluding hydrogens is 231 g/mol. The smallest absolute Gasteiger partial charge is 0.220 e. The molecule has 0 heterocycles. The zero-order chi connectivity index (χ0) is 13.5. The van der Waals surface area contributed by atoms with Crippen LogP contribution in [0.1, 0.15) is 32.3 Å². The first kappa shape index (κ1) is 14.6. The molecule has 0 bridgehead atoms. The molecule has 2 atom stereocenters. The number of hydrogen-bond acceptors (Lipinski definition) is 2. The minimum atomic E-state index is -0.228. The highest BCUT2D eigenvalue weighted by molar-refractivity contribution is 5.76. The van der Waals surface area contributed by atoms with Gasteiger partial charge in [0.05, 0.1) is 0 Å². The van der Waals surface area contributed by atoms with E-state index in [0.29, 0.717) is 24.8 Å². The van der Waals surface area contributed by atoms with Crippen molar-refractivity contribution < 1.29 is 9.18 Å². The third-order valence-electron chi connectivity index (χ3n) is 2.72. The lowest BCUT2D eigenvalue weighted by atomic mass is 10.1. The quantitative estimate of drug-likeness (QED) is 0.813. The standard InChI is InChI=1S/C14H21FN2O/c1-10(16)7-8-14(18)17-11(2)9-12-5-3-4-6-13(12)15/h3-6,10-11H,7-9,16H2,1-2H3,(H,17,18). The molecule has 3 nitrogen and oxygen atoms in total. The van der Waals surface area contributed by atoms with Crippen LogP contribution < -0.4 is 11.1 Å². The summed E-state index contributed by atoms with van der Waals surface area (Å²) < 4.78 is 13.4. The molecule has 0 spiro atoms. The highest BCUT2D eigenvalue weighted by Crippen LogP contribution is 2.09. The van der Waals surface area contributed by atoms with Crippen molar-refractivity contribution in [3.05, 3.63) is 35.6 Å². The van der Waals surface area contributed by atoms with Crippen LogP contribution in [0, 0.1) is 5.82 Å². The van der Waals surface area contributed by atoms with Crippen LogP contribution >= 0.6 is 0 Å². The number of halogens is 1. The Morgan fingerprint density at radius 2 is 2.06 bits per heavy atom. The van der Waals surface area contributed by atoms with E-state index >= 15 is 0 Å². The lowest BCUT2D eigenvalue weighted by molar-refractivity contribution is -0.121. The first-order chi connectivity index (χ1) is 8.49. The monoisotopic (exact) mass is 252 g/mol. The zero-order valence-electron chi connectivity index (χ0n) is 10.9. The molecule has 0 saturated heterocycles. The number of hydrogen-bond donors (Lipinski definition) is 2. The summed E-state index contributed by atoms with van der Waals surface area (Å²) in [6.07, 6.45) is 1.58. The fourth-order valence-corrected chi connectivity index (χ4v) is 1.75. The van der Waals surface area contributed by atoms with Crippen LogP contribution in [0.25, 0.3) is 0 Å². The molecule has 4 heteroatoms. The molecule has 1 aromatic carbocycles. The van der Waals surface area contributed by atoms with Crippen molar-refractivity contribution in [1.82, 2.24) is 5.32 Å². The molecule has 0 aliphatic carbocycles. The van der Waals surface area contributed by atoms with Gasteiger partial charge in [0, 0.05) is 18.5 Å². The fraction of sp³-hybridized carbons (Fsp3) is 0.500. The molecular formula is C14H21FN2O. The Balaban J connectivity index is 2.40. The van der Waals surface area contributed by atoms with Gasteiger partial charge in [0.2, 0.25) is 5.91 Å². The van der Waals surface area contributed by atoms with E-state index in [0.717, 1.165) is 0 Å². The van der Waals surface area contributed by atoms with Crippen molar-refractivity contribution >= 4 is 5.91 Å². The van der Waals surface area contributed by atoms with Crippen LogP contribution in [0.5, 0.6) is 0 Å². The van der Waals surface area contributed by atoms with Gasteiger partial charge in [0.25, 0.3) is 0 Å². The summed E-state index contributed by atoms with van der Waals surface area (Å²) >= 11 is 0. The van der Waals surface area contributed by atoms with Crippen LogP contribution in [0.4, 0.5) is 4.39 Å². The Morgan fingerprint density at radius 1 is 1.39 bits per heavy atom. The second kappa shape index (κ2) is 7.11. The third-order valence-corrected chi connectivity index (χ3v) is 2.72. The number of carbonyl (C=O) groups excluding carboxylic acids is 1. The fourth-order valence-electron chi connectivity index (χ4n) is 1.75. The number of amides is 1. The summed E-state index contributed by atoms with van der Waals surface area (Å²) in [6.45, 7) is 3.74. The van der Waals surface area contributed by atoms with Crippen LogP contribution in [-0.4, -0.2) is 18.0 Å². The minimum Gasteiger partial charge on any atom is -0.353 e. The van der Waals surface area contributed by atoms with Crippen molar-refractivity contribution in [2.24, 2.45) is 5.73 Å². The van der Waals surface area contributed by atoms with Crippen LogP contribution in [0.15, 0.2) is 24.3 Å². The first-order valence-corrected chi connectivity index (χ1v) is 6.27. The molecule has 1 aromatic rings. The molecule has 0 aliphatic heterocycles. The second-order valence-electron chi connectivity index (χ2n) is 4.78. The minimum absolute atomic E-state index is 0.0256. The molecule has 3 N–H and O–H groups in total. The Kier molecular flexibility index (Phi) is 5.78. The van der Waals surface area contributed by atoms with Crippen LogP contribution in [0.3, 0.4) is 0 Å². The van der Waals surface area contributed by atoms with Gasteiger partial charge in [-0.2, -0.15) is 0 Å². The van der Waals surface area contributed by atoms with Gasteiger partial charge in [-0.1, -0.05) is 18.2 Å². The maximum Gasteiger partial charge on any atom is 0.220 e. The van der Waals surface area contributed by atoms with E-state index in [-0.39, 0.29) is 23.8 Å². The lowest BCUT2D eigenvalue weighted by Crippen LogP contribution is -2.35. The van der Waals surface area contributed by atoms with Crippen LogP contribution in [-0.2, 0) is 11.2 Å². The Morgan fingerprint density at radius 3 is 2.67 bits per heavy atom. The highest BCUT2D eigenvalue weighted by atomic mass is 19.1. The highest BCUT2D eigenvalue weighted by Gasteiger charge is 2.10.